The Balaban J connectivity index is 2.18. The highest BCUT2D eigenvalue weighted by atomic mass is 35.5. The largest absolute Gasteiger partial charge is 0.494 e. The highest BCUT2D eigenvalue weighted by molar-refractivity contribution is 7.16. The lowest BCUT2D eigenvalue weighted by Gasteiger charge is -2.21. The summed E-state index contributed by atoms with van der Waals surface area (Å²) >= 11 is 7.47. The number of hydrogen-bond acceptors (Lipinski definition) is 4. The molecule has 0 aliphatic rings. The van der Waals surface area contributed by atoms with Crippen molar-refractivity contribution in [2.75, 3.05) is 6.61 Å². The summed E-state index contributed by atoms with van der Waals surface area (Å²) in [5, 5.41) is 0. The summed E-state index contributed by atoms with van der Waals surface area (Å²) in [5.41, 5.74) is 6.03. The first-order valence-electron chi connectivity index (χ1n) is 6.50. The van der Waals surface area contributed by atoms with Crippen molar-refractivity contribution in [3.05, 3.63) is 45.6 Å². The number of rotatable bonds is 6. The van der Waals surface area contributed by atoms with Gasteiger partial charge in [-0.1, -0.05) is 17.7 Å². The van der Waals surface area contributed by atoms with Gasteiger partial charge >= 0.3 is 0 Å². The summed E-state index contributed by atoms with van der Waals surface area (Å²) in [6, 6.07) is 11.2. The van der Waals surface area contributed by atoms with Gasteiger partial charge in [-0.25, -0.2) is 0 Å². The van der Waals surface area contributed by atoms with Crippen LogP contribution < -0.4 is 15.2 Å². The molecule has 2 atom stereocenters. The van der Waals surface area contributed by atoms with E-state index in [1.165, 1.54) is 11.3 Å². The Labute approximate surface area is 128 Å². The zero-order valence-electron chi connectivity index (χ0n) is 11.5. The molecular weight excluding hydrogens is 294 g/mol. The van der Waals surface area contributed by atoms with Gasteiger partial charge in [0.2, 0.25) is 0 Å². The molecule has 20 heavy (non-hydrogen) atoms. The number of ether oxygens (including phenoxy) is 2. The predicted octanol–water partition coefficient (Wildman–Crippen LogP) is 4.27. The molecule has 0 aliphatic carbocycles. The van der Waals surface area contributed by atoms with Crippen LogP contribution in [0.4, 0.5) is 0 Å². The maximum absolute atomic E-state index is 6.03. The molecule has 1 aromatic heterocycles. The van der Waals surface area contributed by atoms with Gasteiger partial charge in [-0.3, -0.25) is 0 Å². The first-order chi connectivity index (χ1) is 9.60. The van der Waals surface area contributed by atoms with Crippen molar-refractivity contribution in [1.82, 2.24) is 0 Å². The van der Waals surface area contributed by atoms with Crippen LogP contribution in [0.15, 0.2) is 36.4 Å². The minimum atomic E-state index is -0.218. The summed E-state index contributed by atoms with van der Waals surface area (Å²) in [4.78, 5) is 1.02. The number of halogens is 1. The van der Waals surface area contributed by atoms with E-state index >= 15 is 0 Å². The molecule has 2 rings (SSSR count). The van der Waals surface area contributed by atoms with Crippen LogP contribution in [0, 0.1) is 0 Å². The molecule has 0 radical (unpaired) electrons. The maximum Gasteiger partial charge on any atom is 0.148 e. The quantitative estimate of drug-likeness (QED) is 0.866. The van der Waals surface area contributed by atoms with Gasteiger partial charge in [0.15, 0.2) is 0 Å². The average Bonchev–Trinajstić information content (AvgIpc) is 2.83. The molecule has 5 heteroatoms. The van der Waals surface area contributed by atoms with E-state index < -0.39 is 0 Å². The lowest BCUT2D eigenvalue weighted by atomic mass is 10.1. The van der Waals surface area contributed by atoms with E-state index in [1.54, 1.807) is 0 Å². The fourth-order valence-electron chi connectivity index (χ4n) is 1.86. The first-order valence-corrected chi connectivity index (χ1v) is 7.70. The van der Waals surface area contributed by atoms with E-state index in [0.717, 1.165) is 20.7 Å². The lowest BCUT2D eigenvalue weighted by Crippen LogP contribution is -2.28. The Hall–Kier alpha value is -1.23. The minimum Gasteiger partial charge on any atom is -0.494 e. The zero-order chi connectivity index (χ0) is 14.5. The molecule has 2 unspecified atom stereocenters. The Bertz CT molecular complexity index is 556. The fraction of sp³-hybridized carbons (Fsp3) is 0.333. The second-order valence-electron chi connectivity index (χ2n) is 4.45. The van der Waals surface area contributed by atoms with Gasteiger partial charge in [-0.2, -0.15) is 0 Å². The van der Waals surface area contributed by atoms with Crippen LogP contribution in [-0.2, 0) is 0 Å². The molecular formula is C15H18ClNO2S. The summed E-state index contributed by atoms with van der Waals surface area (Å²) in [6.07, 6.45) is -0.218. The molecule has 0 aliphatic heterocycles. The normalized spacial score (nSPS) is 13.8. The summed E-state index contributed by atoms with van der Waals surface area (Å²) < 4.78 is 12.2. The molecule has 0 spiro atoms. The number of thiophene rings is 1. The third-order valence-electron chi connectivity index (χ3n) is 2.73. The molecule has 0 fully saturated rings. The van der Waals surface area contributed by atoms with Crippen LogP contribution in [0.1, 0.15) is 24.8 Å². The van der Waals surface area contributed by atoms with Crippen LogP contribution in [0.3, 0.4) is 0 Å². The van der Waals surface area contributed by atoms with Gasteiger partial charge < -0.3 is 15.2 Å². The molecule has 2 aromatic rings. The van der Waals surface area contributed by atoms with Crippen LogP contribution in [0.2, 0.25) is 4.34 Å². The Morgan fingerprint density at radius 3 is 2.60 bits per heavy atom. The van der Waals surface area contributed by atoms with Gasteiger partial charge in [-0.15, -0.1) is 11.3 Å². The molecule has 0 bridgehead atoms. The average molecular weight is 312 g/mol. The second-order valence-corrected chi connectivity index (χ2v) is 6.19. The summed E-state index contributed by atoms with van der Waals surface area (Å²) in [7, 11) is 0. The SMILES string of the molecule is CCOc1cccc(OC(c2ccc(Cl)s2)C(C)N)c1. The smallest absolute Gasteiger partial charge is 0.148 e. The van der Waals surface area contributed by atoms with Crippen molar-refractivity contribution < 1.29 is 9.47 Å². The fourth-order valence-corrected chi connectivity index (χ4v) is 3.06. The Kier molecular flexibility index (Phi) is 5.29. The number of hydrogen-bond donors (Lipinski definition) is 1. The van der Waals surface area contributed by atoms with Gasteiger partial charge in [0.1, 0.15) is 17.6 Å². The van der Waals surface area contributed by atoms with Crippen molar-refractivity contribution in [2.45, 2.75) is 26.0 Å². The molecule has 0 amide bonds. The molecule has 108 valence electrons. The number of benzene rings is 1. The summed E-state index contributed by atoms with van der Waals surface area (Å²) in [5.74, 6) is 1.53. The molecule has 1 heterocycles. The van der Waals surface area contributed by atoms with Crippen LogP contribution in [-0.4, -0.2) is 12.6 Å². The van der Waals surface area contributed by atoms with Gasteiger partial charge in [0.25, 0.3) is 0 Å². The van der Waals surface area contributed by atoms with Gasteiger partial charge in [0, 0.05) is 17.0 Å². The zero-order valence-corrected chi connectivity index (χ0v) is 13.1. The first kappa shape index (κ1) is 15.2. The van der Waals surface area contributed by atoms with Crippen molar-refractivity contribution in [3.63, 3.8) is 0 Å². The van der Waals surface area contributed by atoms with Crippen molar-refractivity contribution in [1.29, 1.82) is 0 Å². The molecule has 0 saturated carbocycles. The number of nitrogens with two attached hydrogens (primary N) is 1. The van der Waals surface area contributed by atoms with Crippen LogP contribution in [0.5, 0.6) is 11.5 Å². The highest BCUT2D eigenvalue weighted by Gasteiger charge is 2.20. The monoisotopic (exact) mass is 311 g/mol. The summed E-state index contributed by atoms with van der Waals surface area (Å²) in [6.45, 7) is 4.50. The molecule has 2 N–H and O–H groups in total. The van der Waals surface area contributed by atoms with Crippen molar-refractivity contribution in [2.24, 2.45) is 5.73 Å². The third kappa shape index (κ3) is 3.88. The highest BCUT2D eigenvalue weighted by Crippen LogP contribution is 2.32. The van der Waals surface area contributed by atoms with E-state index in [4.69, 9.17) is 26.8 Å². The Morgan fingerprint density at radius 2 is 2.00 bits per heavy atom. The maximum atomic E-state index is 6.03. The minimum absolute atomic E-state index is 0.138. The van der Waals surface area contributed by atoms with E-state index in [9.17, 15) is 0 Å². The third-order valence-corrected chi connectivity index (χ3v) is 4.02. The van der Waals surface area contributed by atoms with Crippen molar-refractivity contribution in [3.8, 4) is 11.5 Å². The standard InChI is InChI=1S/C15H18ClNO2S/c1-3-18-11-5-4-6-12(9-11)19-15(10(2)17)13-7-8-14(16)20-13/h4-10,15H,3,17H2,1-2H3. The topological polar surface area (TPSA) is 44.5 Å². The van der Waals surface area contributed by atoms with Gasteiger partial charge in [0.05, 0.1) is 10.9 Å². The van der Waals surface area contributed by atoms with E-state index in [-0.39, 0.29) is 12.1 Å². The van der Waals surface area contributed by atoms with Gasteiger partial charge in [-0.05, 0) is 38.1 Å². The second kappa shape index (κ2) is 6.97. The van der Waals surface area contributed by atoms with E-state index in [0.29, 0.717) is 6.61 Å². The molecule has 3 nitrogen and oxygen atoms in total. The van der Waals surface area contributed by atoms with E-state index in [1.807, 2.05) is 50.2 Å². The van der Waals surface area contributed by atoms with E-state index in [2.05, 4.69) is 0 Å². The predicted molar refractivity (Wildman–Crippen MR) is 84.0 cm³/mol. The Morgan fingerprint density at radius 1 is 1.25 bits per heavy atom. The van der Waals surface area contributed by atoms with Crippen LogP contribution in [0.25, 0.3) is 0 Å². The lowest BCUT2D eigenvalue weighted by molar-refractivity contribution is 0.183. The van der Waals surface area contributed by atoms with Crippen molar-refractivity contribution >= 4 is 22.9 Å². The molecule has 0 saturated heterocycles. The van der Waals surface area contributed by atoms with Crippen LogP contribution >= 0.6 is 22.9 Å². The molecule has 1 aromatic carbocycles.